The van der Waals surface area contributed by atoms with E-state index >= 15 is 0 Å². The fourth-order valence-electron chi connectivity index (χ4n) is 2.03. The molecule has 0 unspecified atom stereocenters. The van der Waals surface area contributed by atoms with Crippen molar-refractivity contribution in [3.05, 3.63) is 35.4 Å². The zero-order chi connectivity index (χ0) is 16.9. The summed E-state index contributed by atoms with van der Waals surface area (Å²) in [7, 11) is 3.17. The van der Waals surface area contributed by atoms with Crippen LogP contribution < -0.4 is 10.6 Å². The first-order valence-electron chi connectivity index (χ1n) is 6.99. The van der Waals surface area contributed by atoms with Gasteiger partial charge in [-0.25, -0.2) is 13.6 Å². The maximum atomic E-state index is 13.8. The summed E-state index contributed by atoms with van der Waals surface area (Å²) in [5.74, 6) is -1.65. The minimum Gasteiger partial charge on any atom is -0.347 e. The zero-order valence-corrected chi connectivity index (χ0v) is 13.1. The van der Waals surface area contributed by atoms with E-state index in [4.69, 9.17) is 0 Å². The maximum Gasteiger partial charge on any atom is 0.315 e. The highest BCUT2D eigenvalue weighted by atomic mass is 19.1. The minimum atomic E-state index is -0.718. The van der Waals surface area contributed by atoms with Crippen molar-refractivity contribution < 1.29 is 18.4 Å². The molecular formula is C15H21F2N3O2. The van der Waals surface area contributed by atoms with Crippen LogP contribution in [0.5, 0.6) is 0 Å². The lowest BCUT2D eigenvalue weighted by Gasteiger charge is -2.22. The minimum absolute atomic E-state index is 0.200. The van der Waals surface area contributed by atoms with E-state index in [0.29, 0.717) is 6.42 Å². The van der Waals surface area contributed by atoms with E-state index in [0.717, 1.165) is 12.1 Å². The van der Waals surface area contributed by atoms with Crippen LogP contribution in [0.4, 0.5) is 13.6 Å². The number of likely N-dealkylation sites (N-methyl/N-ethyl adjacent to an activating group) is 1. The van der Waals surface area contributed by atoms with Crippen LogP contribution in [0.3, 0.4) is 0 Å². The molecule has 0 heterocycles. The number of nitrogens with one attached hydrogen (secondary N) is 2. The third-order valence-corrected chi connectivity index (χ3v) is 3.21. The Bertz CT molecular complexity index is 550. The largest absolute Gasteiger partial charge is 0.347 e. The molecule has 3 amide bonds. The number of urea groups is 1. The number of nitrogens with zero attached hydrogens (tertiary/aromatic N) is 1. The van der Waals surface area contributed by atoms with E-state index in [-0.39, 0.29) is 11.5 Å². The van der Waals surface area contributed by atoms with E-state index in [9.17, 15) is 18.4 Å². The van der Waals surface area contributed by atoms with Gasteiger partial charge in [-0.05, 0) is 19.4 Å². The molecule has 2 N–H and O–H groups in total. The number of benzene rings is 1. The Balaban J connectivity index is 2.74. The summed E-state index contributed by atoms with van der Waals surface area (Å²) in [6, 6.07) is 1.31. The van der Waals surface area contributed by atoms with Gasteiger partial charge in [0.2, 0.25) is 5.91 Å². The van der Waals surface area contributed by atoms with Gasteiger partial charge < -0.3 is 15.5 Å². The van der Waals surface area contributed by atoms with Crippen molar-refractivity contribution in [1.82, 2.24) is 15.5 Å². The average molecular weight is 313 g/mol. The Morgan fingerprint density at radius 3 is 2.36 bits per heavy atom. The SMILES string of the molecule is CC[C@@H](NC(=O)N[C@@H](C)C(=O)N(C)C)c1ccc(F)cc1F. The van der Waals surface area contributed by atoms with Gasteiger partial charge in [0, 0.05) is 25.7 Å². The molecule has 5 nitrogen and oxygen atoms in total. The molecular weight excluding hydrogens is 292 g/mol. The van der Waals surface area contributed by atoms with Gasteiger partial charge in [0.25, 0.3) is 0 Å². The number of carbonyl (C=O) groups excluding carboxylic acids is 2. The standard InChI is InChI=1S/C15H21F2N3O2/c1-5-13(11-7-6-10(16)8-12(11)17)19-15(22)18-9(2)14(21)20(3)4/h6-9,13H,5H2,1-4H3,(H2,18,19,22)/t9-,13+/m0/s1. The van der Waals surface area contributed by atoms with Crippen molar-refractivity contribution in [1.29, 1.82) is 0 Å². The highest BCUT2D eigenvalue weighted by Gasteiger charge is 2.21. The predicted molar refractivity (Wildman–Crippen MR) is 79.2 cm³/mol. The molecule has 0 aliphatic heterocycles. The van der Waals surface area contributed by atoms with Crippen molar-refractivity contribution in [2.24, 2.45) is 0 Å². The van der Waals surface area contributed by atoms with Gasteiger partial charge in [0.05, 0.1) is 6.04 Å². The molecule has 1 aromatic carbocycles. The van der Waals surface area contributed by atoms with Crippen LogP contribution in [0, 0.1) is 11.6 Å². The zero-order valence-electron chi connectivity index (χ0n) is 13.1. The molecule has 0 aromatic heterocycles. The highest BCUT2D eigenvalue weighted by molar-refractivity contribution is 5.86. The van der Waals surface area contributed by atoms with E-state index in [2.05, 4.69) is 10.6 Å². The summed E-state index contributed by atoms with van der Waals surface area (Å²) in [6.07, 6.45) is 0.423. The molecule has 1 aromatic rings. The molecule has 122 valence electrons. The second kappa shape index (κ2) is 7.72. The molecule has 0 aliphatic carbocycles. The molecule has 0 saturated heterocycles. The molecule has 2 atom stereocenters. The van der Waals surface area contributed by atoms with Gasteiger partial charge in [-0.1, -0.05) is 13.0 Å². The molecule has 0 bridgehead atoms. The monoisotopic (exact) mass is 313 g/mol. The third kappa shape index (κ3) is 4.68. The molecule has 22 heavy (non-hydrogen) atoms. The third-order valence-electron chi connectivity index (χ3n) is 3.21. The van der Waals surface area contributed by atoms with Crippen LogP contribution in [0.15, 0.2) is 18.2 Å². The van der Waals surface area contributed by atoms with Gasteiger partial charge in [0.1, 0.15) is 17.7 Å². The van der Waals surface area contributed by atoms with Gasteiger partial charge in [-0.2, -0.15) is 0 Å². The molecule has 0 saturated carbocycles. The second-order valence-electron chi connectivity index (χ2n) is 5.20. The van der Waals surface area contributed by atoms with Crippen molar-refractivity contribution in [2.45, 2.75) is 32.4 Å². The topological polar surface area (TPSA) is 61.4 Å². The van der Waals surface area contributed by atoms with E-state index in [1.807, 2.05) is 0 Å². The van der Waals surface area contributed by atoms with Crippen LogP contribution >= 0.6 is 0 Å². The molecule has 0 fully saturated rings. The second-order valence-corrected chi connectivity index (χ2v) is 5.20. The average Bonchev–Trinajstić information content (AvgIpc) is 2.44. The Hall–Kier alpha value is -2.18. The van der Waals surface area contributed by atoms with E-state index in [1.165, 1.54) is 11.0 Å². The smallest absolute Gasteiger partial charge is 0.315 e. The van der Waals surface area contributed by atoms with Crippen LogP contribution in [0.1, 0.15) is 31.9 Å². The Morgan fingerprint density at radius 2 is 1.86 bits per heavy atom. The number of halogens is 2. The summed E-state index contributed by atoms with van der Waals surface area (Å²) in [6.45, 7) is 3.32. The fourth-order valence-corrected chi connectivity index (χ4v) is 2.03. The van der Waals surface area contributed by atoms with E-state index in [1.54, 1.807) is 27.9 Å². The van der Waals surface area contributed by atoms with Crippen molar-refractivity contribution >= 4 is 11.9 Å². The Morgan fingerprint density at radius 1 is 1.23 bits per heavy atom. The summed E-state index contributed by atoms with van der Waals surface area (Å²) in [5, 5.41) is 5.07. The fraction of sp³-hybridized carbons (Fsp3) is 0.467. The molecule has 1 rings (SSSR count). The number of carbonyl (C=O) groups is 2. The van der Waals surface area contributed by atoms with Crippen molar-refractivity contribution in [2.75, 3.05) is 14.1 Å². The number of hydrogen-bond acceptors (Lipinski definition) is 2. The first kappa shape index (κ1) is 17.9. The summed E-state index contributed by atoms with van der Waals surface area (Å²) in [4.78, 5) is 25.0. The normalized spacial score (nSPS) is 13.2. The summed E-state index contributed by atoms with van der Waals surface area (Å²) in [5.41, 5.74) is 0.200. The number of amides is 3. The lowest BCUT2D eigenvalue weighted by Crippen LogP contribution is -2.48. The van der Waals surface area contributed by atoms with Crippen LogP contribution in [0.25, 0.3) is 0 Å². The van der Waals surface area contributed by atoms with Gasteiger partial charge >= 0.3 is 6.03 Å². The van der Waals surface area contributed by atoms with Crippen molar-refractivity contribution in [3.63, 3.8) is 0 Å². The maximum absolute atomic E-state index is 13.8. The number of rotatable bonds is 5. The van der Waals surface area contributed by atoms with E-state index < -0.39 is 29.7 Å². The number of hydrogen-bond donors (Lipinski definition) is 2. The van der Waals surface area contributed by atoms with Gasteiger partial charge in [-0.3, -0.25) is 4.79 Å². The Kier molecular flexibility index (Phi) is 6.27. The Labute approximate surface area is 128 Å². The first-order valence-corrected chi connectivity index (χ1v) is 6.99. The van der Waals surface area contributed by atoms with Gasteiger partial charge in [-0.15, -0.1) is 0 Å². The highest BCUT2D eigenvalue weighted by Crippen LogP contribution is 2.20. The quantitative estimate of drug-likeness (QED) is 0.875. The lowest BCUT2D eigenvalue weighted by molar-refractivity contribution is -0.130. The molecule has 0 spiro atoms. The first-order chi connectivity index (χ1) is 10.3. The van der Waals surface area contributed by atoms with Crippen LogP contribution in [-0.2, 0) is 4.79 Å². The van der Waals surface area contributed by atoms with Crippen molar-refractivity contribution in [3.8, 4) is 0 Å². The van der Waals surface area contributed by atoms with Crippen LogP contribution in [-0.4, -0.2) is 37.0 Å². The lowest BCUT2D eigenvalue weighted by atomic mass is 10.0. The summed E-state index contributed by atoms with van der Waals surface area (Å²) >= 11 is 0. The molecule has 0 aliphatic rings. The predicted octanol–water partition coefficient (Wildman–Crippen LogP) is 2.19. The molecule has 0 radical (unpaired) electrons. The van der Waals surface area contributed by atoms with Gasteiger partial charge in [0.15, 0.2) is 0 Å². The van der Waals surface area contributed by atoms with Crippen LogP contribution in [0.2, 0.25) is 0 Å². The summed E-state index contributed by atoms with van der Waals surface area (Å²) < 4.78 is 26.7. The molecule has 7 heteroatoms.